The molecule has 0 aliphatic carbocycles. The molecule has 3 N–H and O–H groups in total. The van der Waals surface area contributed by atoms with Crippen LogP contribution in [0, 0.1) is 0 Å². The number of quaternary nitrogens is 1. The summed E-state index contributed by atoms with van der Waals surface area (Å²) in [6, 6.07) is 17.0. The maximum absolute atomic E-state index is 12.5. The molecule has 3 rings (SSSR count). The summed E-state index contributed by atoms with van der Waals surface area (Å²) < 4.78 is 4.67. The van der Waals surface area contributed by atoms with Crippen molar-refractivity contribution in [2.75, 3.05) is 32.1 Å². The highest BCUT2D eigenvalue weighted by molar-refractivity contribution is 5.92. The number of hydrogen-bond donors (Lipinski definition) is 3. The average Bonchev–Trinajstić information content (AvgIpc) is 2.71. The Morgan fingerprint density at radius 3 is 2.46 bits per heavy atom. The van der Waals surface area contributed by atoms with E-state index in [1.165, 1.54) is 7.11 Å². The molecule has 2 aromatic carbocycles. The minimum absolute atomic E-state index is 0.0449. The second kappa shape index (κ2) is 9.14. The van der Waals surface area contributed by atoms with Gasteiger partial charge in [-0.05, 0) is 23.3 Å². The zero-order valence-corrected chi connectivity index (χ0v) is 15.7. The minimum Gasteiger partial charge on any atom is -0.469 e. The summed E-state index contributed by atoms with van der Waals surface area (Å²) >= 11 is 0. The number of hydrogen-bond acceptors (Lipinski definition) is 4. The molecule has 0 bridgehead atoms. The van der Waals surface area contributed by atoms with Crippen molar-refractivity contribution in [3.63, 3.8) is 0 Å². The Morgan fingerprint density at radius 2 is 1.79 bits per heavy atom. The van der Waals surface area contributed by atoms with Gasteiger partial charge in [-0.15, -0.1) is 0 Å². The SMILES string of the molecule is COC(=O)C[C@H]1C(=O)NCC[NH+]1CC(=O)Nc1ccc(-c2ccccc2)cc1. The van der Waals surface area contributed by atoms with Crippen LogP contribution in [0.15, 0.2) is 54.6 Å². The van der Waals surface area contributed by atoms with E-state index in [1.807, 2.05) is 54.6 Å². The van der Waals surface area contributed by atoms with Crippen molar-refractivity contribution in [2.45, 2.75) is 12.5 Å². The van der Waals surface area contributed by atoms with E-state index < -0.39 is 12.0 Å². The third-order valence-corrected chi connectivity index (χ3v) is 4.82. The first kappa shape index (κ1) is 19.6. The van der Waals surface area contributed by atoms with Crippen molar-refractivity contribution < 1.29 is 24.0 Å². The van der Waals surface area contributed by atoms with E-state index in [9.17, 15) is 14.4 Å². The summed E-state index contributed by atoms with van der Waals surface area (Å²) in [4.78, 5) is 36.9. The molecule has 2 aromatic rings. The second-order valence-electron chi connectivity index (χ2n) is 6.70. The summed E-state index contributed by atoms with van der Waals surface area (Å²) in [5.74, 6) is -0.893. The molecule has 1 fully saturated rings. The number of amides is 2. The smallest absolute Gasteiger partial charge is 0.312 e. The molecular formula is C21H24N3O4+. The van der Waals surface area contributed by atoms with E-state index in [0.29, 0.717) is 18.8 Å². The van der Waals surface area contributed by atoms with E-state index in [1.54, 1.807) is 0 Å². The van der Waals surface area contributed by atoms with Crippen LogP contribution in [-0.4, -0.2) is 50.6 Å². The van der Waals surface area contributed by atoms with Gasteiger partial charge in [0.25, 0.3) is 11.8 Å². The third kappa shape index (κ3) is 4.95. The van der Waals surface area contributed by atoms with Crippen LogP contribution < -0.4 is 15.5 Å². The maximum Gasteiger partial charge on any atom is 0.312 e. The molecule has 7 heteroatoms. The number of nitrogens with one attached hydrogen (secondary N) is 3. The molecular weight excluding hydrogens is 358 g/mol. The molecule has 0 aromatic heterocycles. The predicted octanol–water partition coefficient (Wildman–Crippen LogP) is 0.239. The van der Waals surface area contributed by atoms with Gasteiger partial charge in [0.1, 0.15) is 6.42 Å². The molecule has 2 amide bonds. The molecule has 1 saturated heterocycles. The van der Waals surface area contributed by atoms with Crippen LogP contribution in [-0.2, 0) is 19.1 Å². The number of ether oxygens (including phenoxy) is 1. The lowest BCUT2D eigenvalue weighted by Crippen LogP contribution is -3.20. The van der Waals surface area contributed by atoms with Crippen LogP contribution in [0.3, 0.4) is 0 Å². The molecule has 1 aliphatic rings. The van der Waals surface area contributed by atoms with Crippen LogP contribution in [0.5, 0.6) is 0 Å². The monoisotopic (exact) mass is 382 g/mol. The molecule has 1 unspecified atom stereocenters. The summed E-state index contributed by atoms with van der Waals surface area (Å²) in [6.45, 7) is 1.16. The quantitative estimate of drug-likeness (QED) is 0.625. The Kier molecular flexibility index (Phi) is 6.39. The van der Waals surface area contributed by atoms with Gasteiger partial charge in [0.15, 0.2) is 12.6 Å². The molecule has 1 heterocycles. The van der Waals surface area contributed by atoms with Crippen molar-refractivity contribution in [2.24, 2.45) is 0 Å². The highest BCUT2D eigenvalue weighted by atomic mass is 16.5. The number of carbonyl (C=O) groups is 3. The predicted molar refractivity (Wildman–Crippen MR) is 105 cm³/mol. The van der Waals surface area contributed by atoms with Gasteiger partial charge in [0.05, 0.1) is 20.2 Å². The summed E-state index contributed by atoms with van der Waals surface area (Å²) in [7, 11) is 1.29. The highest BCUT2D eigenvalue weighted by Crippen LogP contribution is 2.20. The molecule has 146 valence electrons. The number of esters is 1. The standard InChI is InChI=1S/C21H23N3O4/c1-28-20(26)13-18-21(27)22-11-12-24(18)14-19(25)23-17-9-7-16(8-10-17)15-5-3-2-4-6-15/h2-10,18H,11-14H2,1H3,(H,22,27)(H,23,25)/p+1/t18-/m0/s1. The van der Waals surface area contributed by atoms with E-state index in [0.717, 1.165) is 16.0 Å². The maximum atomic E-state index is 12.5. The molecule has 1 aliphatic heterocycles. The largest absolute Gasteiger partial charge is 0.469 e. The van der Waals surface area contributed by atoms with Crippen LogP contribution >= 0.6 is 0 Å². The van der Waals surface area contributed by atoms with Crippen molar-refractivity contribution in [1.82, 2.24) is 5.32 Å². The van der Waals surface area contributed by atoms with Gasteiger partial charge in [0.2, 0.25) is 0 Å². The summed E-state index contributed by atoms with van der Waals surface area (Å²) in [6.07, 6.45) is -0.0449. The highest BCUT2D eigenvalue weighted by Gasteiger charge is 2.36. The van der Waals surface area contributed by atoms with Gasteiger partial charge in [-0.2, -0.15) is 0 Å². The van der Waals surface area contributed by atoms with E-state index in [2.05, 4.69) is 15.4 Å². The fourth-order valence-electron chi connectivity index (χ4n) is 3.32. The zero-order chi connectivity index (χ0) is 19.9. The van der Waals surface area contributed by atoms with E-state index in [-0.39, 0.29) is 24.8 Å². The molecule has 28 heavy (non-hydrogen) atoms. The number of benzene rings is 2. The normalized spacial score (nSPS) is 18.8. The van der Waals surface area contributed by atoms with Crippen LogP contribution in [0.25, 0.3) is 11.1 Å². The Bertz CT molecular complexity index is 836. The molecule has 2 atom stereocenters. The van der Waals surface area contributed by atoms with E-state index in [4.69, 9.17) is 0 Å². The fourth-order valence-corrected chi connectivity index (χ4v) is 3.32. The molecule has 0 spiro atoms. The zero-order valence-electron chi connectivity index (χ0n) is 15.7. The topological polar surface area (TPSA) is 88.9 Å². The number of methoxy groups -OCH3 is 1. The number of rotatable bonds is 6. The van der Waals surface area contributed by atoms with Crippen molar-refractivity contribution >= 4 is 23.5 Å². The first-order valence-corrected chi connectivity index (χ1v) is 9.21. The Balaban J connectivity index is 1.61. The number of anilines is 1. The lowest BCUT2D eigenvalue weighted by atomic mass is 10.1. The van der Waals surface area contributed by atoms with Crippen molar-refractivity contribution in [3.05, 3.63) is 54.6 Å². The first-order valence-electron chi connectivity index (χ1n) is 9.21. The van der Waals surface area contributed by atoms with Gasteiger partial charge >= 0.3 is 5.97 Å². The minimum atomic E-state index is -0.618. The first-order chi connectivity index (χ1) is 13.6. The van der Waals surface area contributed by atoms with Gasteiger partial charge < -0.3 is 20.3 Å². The average molecular weight is 382 g/mol. The Morgan fingerprint density at radius 1 is 1.11 bits per heavy atom. The summed E-state index contributed by atoms with van der Waals surface area (Å²) in [5.41, 5.74) is 2.86. The molecule has 0 radical (unpaired) electrons. The van der Waals surface area contributed by atoms with Crippen LogP contribution in [0.1, 0.15) is 6.42 Å². The lowest BCUT2D eigenvalue weighted by molar-refractivity contribution is -0.909. The van der Waals surface area contributed by atoms with Gasteiger partial charge in [-0.25, -0.2) is 0 Å². The number of piperazine rings is 1. The Labute approximate surface area is 163 Å². The van der Waals surface area contributed by atoms with Crippen LogP contribution in [0.4, 0.5) is 5.69 Å². The second-order valence-corrected chi connectivity index (χ2v) is 6.70. The van der Waals surface area contributed by atoms with Crippen molar-refractivity contribution in [1.29, 1.82) is 0 Å². The lowest BCUT2D eigenvalue weighted by Gasteiger charge is -2.30. The van der Waals surface area contributed by atoms with Gasteiger partial charge in [0, 0.05) is 5.69 Å². The molecule has 0 saturated carbocycles. The fraction of sp³-hybridized carbons (Fsp3) is 0.286. The third-order valence-electron chi connectivity index (χ3n) is 4.82. The van der Waals surface area contributed by atoms with Gasteiger partial charge in [-0.3, -0.25) is 14.4 Å². The number of carbonyl (C=O) groups excluding carboxylic acids is 3. The van der Waals surface area contributed by atoms with E-state index >= 15 is 0 Å². The molecule has 7 nitrogen and oxygen atoms in total. The van der Waals surface area contributed by atoms with Gasteiger partial charge in [-0.1, -0.05) is 42.5 Å². The van der Waals surface area contributed by atoms with Crippen LogP contribution in [0.2, 0.25) is 0 Å². The Hall–Kier alpha value is -3.19. The van der Waals surface area contributed by atoms with Crippen molar-refractivity contribution in [3.8, 4) is 11.1 Å². The summed E-state index contributed by atoms with van der Waals surface area (Å²) in [5, 5.41) is 5.60.